The molecule has 0 bridgehead atoms. The van der Waals surface area contributed by atoms with Crippen molar-refractivity contribution in [3.63, 3.8) is 0 Å². The van der Waals surface area contributed by atoms with E-state index in [4.69, 9.17) is 4.42 Å². The molecule has 0 saturated carbocycles. The van der Waals surface area contributed by atoms with Crippen molar-refractivity contribution in [3.8, 4) is 11.3 Å². The minimum Gasteiger partial charge on any atom is -0.453 e. The Labute approximate surface area is 94.9 Å². The fourth-order valence-corrected chi connectivity index (χ4v) is 1.63. The quantitative estimate of drug-likeness (QED) is 0.729. The van der Waals surface area contributed by atoms with E-state index >= 15 is 0 Å². The first-order chi connectivity index (χ1) is 7.70. The largest absolute Gasteiger partial charge is 0.453 e. The van der Waals surface area contributed by atoms with Crippen molar-refractivity contribution in [2.75, 3.05) is 0 Å². The Morgan fingerprint density at radius 2 is 2.06 bits per heavy atom. The zero-order chi connectivity index (χ0) is 11.5. The van der Waals surface area contributed by atoms with E-state index in [0.717, 1.165) is 17.7 Å². The number of hydrogen-bond acceptors (Lipinski definition) is 2. The highest BCUT2D eigenvalue weighted by Crippen LogP contribution is 2.23. The van der Waals surface area contributed by atoms with E-state index < -0.39 is 0 Å². The molecule has 2 heteroatoms. The molecule has 0 spiro atoms. The lowest BCUT2D eigenvalue weighted by atomic mass is 10.1. The van der Waals surface area contributed by atoms with Gasteiger partial charge in [0, 0.05) is 12.5 Å². The Hall–Kier alpha value is -1.83. The van der Waals surface area contributed by atoms with Gasteiger partial charge in [-0.15, -0.1) is 0 Å². The molecule has 0 N–H and O–H groups in total. The fraction of sp³-hybridized carbons (Fsp3) is 0.214. The van der Waals surface area contributed by atoms with Crippen molar-refractivity contribution in [3.05, 3.63) is 47.7 Å². The van der Waals surface area contributed by atoms with E-state index in [9.17, 15) is 4.79 Å². The standard InChI is InChI=1S/C14H14O2/c1-3-11-5-4-6-12(9-11)14-8-7-13(16-14)10(2)15/h4-9H,3H2,1-2H3. The topological polar surface area (TPSA) is 30.2 Å². The zero-order valence-corrected chi connectivity index (χ0v) is 9.49. The molecular formula is C14H14O2. The normalized spacial score (nSPS) is 10.4. The lowest BCUT2D eigenvalue weighted by Gasteiger charge is -2.00. The van der Waals surface area contributed by atoms with Crippen LogP contribution in [0.3, 0.4) is 0 Å². The molecule has 0 fully saturated rings. The summed E-state index contributed by atoms with van der Waals surface area (Å²) in [5, 5.41) is 0. The van der Waals surface area contributed by atoms with E-state index in [1.165, 1.54) is 12.5 Å². The van der Waals surface area contributed by atoms with Crippen molar-refractivity contribution in [2.45, 2.75) is 20.3 Å². The van der Waals surface area contributed by atoms with Crippen molar-refractivity contribution in [1.82, 2.24) is 0 Å². The maximum atomic E-state index is 11.1. The summed E-state index contributed by atoms with van der Waals surface area (Å²) >= 11 is 0. The van der Waals surface area contributed by atoms with Gasteiger partial charge in [0.05, 0.1) is 0 Å². The number of ketones is 1. The van der Waals surface area contributed by atoms with Crippen LogP contribution in [-0.2, 0) is 6.42 Å². The second-order valence-electron chi connectivity index (χ2n) is 3.77. The molecule has 2 aromatic rings. The molecule has 0 aliphatic carbocycles. The molecule has 82 valence electrons. The maximum absolute atomic E-state index is 11.1. The summed E-state index contributed by atoms with van der Waals surface area (Å²) in [5.41, 5.74) is 2.28. The SMILES string of the molecule is CCc1cccc(-c2ccc(C(C)=O)o2)c1. The van der Waals surface area contributed by atoms with Gasteiger partial charge in [0.15, 0.2) is 11.5 Å². The van der Waals surface area contributed by atoms with E-state index in [1.807, 2.05) is 18.2 Å². The number of hydrogen-bond donors (Lipinski definition) is 0. The summed E-state index contributed by atoms with van der Waals surface area (Å²) in [6, 6.07) is 11.7. The first-order valence-corrected chi connectivity index (χ1v) is 5.41. The van der Waals surface area contributed by atoms with Gasteiger partial charge in [-0.2, -0.15) is 0 Å². The minimum absolute atomic E-state index is 0.0436. The van der Waals surface area contributed by atoms with Gasteiger partial charge in [0.1, 0.15) is 5.76 Å². The van der Waals surface area contributed by atoms with Crippen molar-refractivity contribution in [2.24, 2.45) is 0 Å². The summed E-state index contributed by atoms with van der Waals surface area (Å²) in [5.74, 6) is 1.12. The van der Waals surface area contributed by atoms with Gasteiger partial charge < -0.3 is 4.42 Å². The van der Waals surface area contributed by atoms with Crippen molar-refractivity contribution in [1.29, 1.82) is 0 Å². The Kier molecular flexibility index (Phi) is 2.91. The highest BCUT2D eigenvalue weighted by Gasteiger charge is 2.07. The average molecular weight is 214 g/mol. The van der Waals surface area contributed by atoms with Crippen LogP contribution in [0.25, 0.3) is 11.3 Å². The molecule has 0 unspecified atom stereocenters. The number of aryl methyl sites for hydroxylation is 1. The number of furan rings is 1. The lowest BCUT2D eigenvalue weighted by Crippen LogP contribution is -1.86. The Morgan fingerprint density at radius 3 is 2.69 bits per heavy atom. The van der Waals surface area contributed by atoms with Gasteiger partial charge in [-0.1, -0.05) is 25.1 Å². The Morgan fingerprint density at radius 1 is 1.25 bits per heavy atom. The summed E-state index contributed by atoms with van der Waals surface area (Å²) < 4.78 is 5.48. The lowest BCUT2D eigenvalue weighted by molar-refractivity contribution is 0.0988. The van der Waals surface area contributed by atoms with Crippen LogP contribution in [0.15, 0.2) is 40.8 Å². The molecule has 0 aliphatic heterocycles. The summed E-state index contributed by atoms with van der Waals surface area (Å²) in [4.78, 5) is 11.1. The molecular weight excluding hydrogens is 200 g/mol. The molecule has 1 aromatic heterocycles. The van der Waals surface area contributed by atoms with E-state index in [1.54, 1.807) is 6.07 Å². The second-order valence-corrected chi connectivity index (χ2v) is 3.77. The van der Waals surface area contributed by atoms with Crippen LogP contribution >= 0.6 is 0 Å². The first-order valence-electron chi connectivity index (χ1n) is 5.41. The number of rotatable bonds is 3. The van der Waals surface area contributed by atoms with Crippen LogP contribution in [0, 0.1) is 0 Å². The Balaban J connectivity index is 2.38. The van der Waals surface area contributed by atoms with Crippen LogP contribution in [0.5, 0.6) is 0 Å². The molecule has 0 atom stereocenters. The molecule has 1 heterocycles. The van der Waals surface area contributed by atoms with E-state index in [0.29, 0.717) is 5.76 Å². The molecule has 0 radical (unpaired) electrons. The monoisotopic (exact) mass is 214 g/mol. The number of benzene rings is 1. The van der Waals surface area contributed by atoms with Gasteiger partial charge >= 0.3 is 0 Å². The second kappa shape index (κ2) is 4.35. The van der Waals surface area contributed by atoms with Crippen LogP contribution in [0.1, 0.15) is 30.0 Å². The Bertz CT molecular complexity index is 509. The third kappa shape index (κ3) is 2.06. The zero-order valence-electron chi connectivity index (χ0n) is 9.49. The minimum atomic E-state index is -0.0436. The van der Waals surface area contributed by atoms with Crippen molar-refractivity contribution >= 4 is 5.78 Å². The third-order valence-corrected chi connectivity index (χ3v) is 2.57. The van der Waals surface area contributed by atoms with Gasteiger partial charge in [-0.3, -0.25) is 4.79 Å². The predicted molar refractivity (Wildman–Crippen MR) is 63.5 cm³/mol. The van der Waals surface area contributed by atoms with Crippen LogP contribution in [-0.4, -0.2) is 5.78 Å². The molecule has 16 heavy (non-hydrogen) atoms. The maximum Gasteiger partial charge on any atom is 0.194 e. The van der Waals surface area contributed by atoms with Gasteiger partial charge in [0.25, 0.3) is 0 Å². The summed E-state index contributed by atoms with van der Waals surface area (Å²) in [6.45, 7) is 3.62. The van der Waals surface area contributed by atoms with Gasteiger partial charge in [-0.25, -0.2) is 0 Å². The van der Waals surface area contributed by atoms with Crippen LogP contribution < -0.4 is 0 Å². The summed E-state index contributed by atoms with van der Waals surface area (Å²) in [7, 11) is 0. The van der Waals surface area contributed by atoms with Crippen LogP contribution in [0.2, 0.25) is 0 Å². The molecule has 0 amide bonds. The first kappa shape index (κ1) is 10.7. The van der Waals surface area contributed by atoms with E-state index in [-0.39, 0.29) is 5.78 Å². The van der Waals surface area contributed by atoms with Gasteiger partial charge in [0.2, 0.25) is 0 Å². The average Bonchev–Trinajstić information content (AvgIpc) is 2.78. The molecule has 1 aromatic carbocycles. The van der Waals surface area contributed by atoms with E-state index in [2.05, 4.69) is 19.1 Å². The van der Waals surface area contributed by atoms with Crippen molar-refractivity contribution < 1.29 is 9.21 Å². The molecule has 2 nitrogen and oxygen atoms in total. The number of Topliss-reactive ketones (excluding diaryl/α,β-unsaturated/α-hetero) is 1. The van der Waals surface area contributed by atoms with Crippen LogP contribution in [0.4, 0.5) is 0 Å². The number of carbonyl (C=O) groups is 1. The highest BCUT2D eigenvalue weighted by atomic mass is 16.3. The van der Waals surface area contributed by atoms with Gasteiger partial charge in [-0.05, 0) is 30.2 Å². The fourth-order valence-electron chi connectivity index (χ4n) is 1.63. The highest BCUT2D eigenvalue weighted by molar-refractivity contribution is 5.91. The molecule has 2 rings (SSSR count). The number of carbonyl (C=O) groups excluding carboxylic acids is 1. The summed E-state index contributed by atoms with van der Waals surface area (Å²) in [6.07, 6.45) is 0.994. The molecule has 0 aliphatic rings. The smallest absolute Gasteiger partial charge is 0.194 e. The predicted octanol–water partition coefficient (Wildman–Crippen LogP) is 3.71. The molecule has 0 saturated heterocycles. The third-order valence-electron chi connectivity index (χ3n) is 2.57.